The van der Waals surface area contributed by atoms with Crippen molar-refractivity contribution in [2.75, 3.05) is 0 Å². The Kier molecular flexibility index (Phi) is 3.39. The van der Waals surface area contributed by atoms with Crippen molar-refractivity contribution >= 4 is 21.5 Å². The third-order valence-electron chi connectivity index (χ3n) is 2.33. The number of phenolic OH excluding ortho intramolecular Hbond substituents is 1. The molecule has 0 saturated carbocycles. The predicted molar refractivity (Wildman–Crippen MR) is 70.4 cm³/mol. The Bertz CT molecular complexity index is 547. The van der Waals surface area contributed by atoms with E-state index in [2.05, 4.69) is 0 Å². The van der Waals surface area contributed by atoms with Gasteiger partial charge in [-0.2, -0.15) is 10.5 Å². The molecule has 0 spiro atoms. The quantitative estimate of drug-likeness (QED) is 0.509. The minimum atomic E-state index is -0.452. The number of allylic oxidation sites excluding steroid dienone is 3. The van der Waals surface area contributed by atoms with E-state index in [-0.39, 0.29) is 21.9 Å². The van der Waals surface area contributed by atoms with Gasteiger partial charge in [0, 0.05) is 23.4 Å². The second kappa shape index (κ2) is 4.97. The number of non-ortho nitro benzene ring substituents is 1. The van der Waals surface area contributed by atoms with Crippen molar-refractivity contribution in [2.45, 2.75) is 5.75 Å². The number of hydrogen-bond acceptors (Lipinski definition) is 3. The first kappa shape index (κ1) is 11.6. The van der Waals surface area contributed by atoms with Crippen LogP contribution in [0.3, 0.4) is 0 Å². The van der Waals surface area contributed by atoms with Crippen LogP contribution in [-0.4, -0.2) is 15.4 Å². The molecule has 0 radical (unpaired) electrons. The minimum absolute atomic E-state index is 0.0120. The van der Waals surface area contributed by atoms with Crippen molar-refractivity contribution in [1.82, 2.24) is 0 Å². The Balaban J connectivity index is 2.28. The van der Waals surface area contributed by atoms with Gasteiger partial charge in [-0.15, -0.1) is 0 Å². The maximum Gasteiger partial charge on any atom is 0.270 e. The van der Waals surface area contributed by atoms with E-state index in [1.54, 1.807) is 0 Å². The number of phenols is 1. The van der Waals surface area contributed by atoms with Crippen LogP contribution >= 0.6 is 10.5 Å². The van der Waals surface area contributed by atoms with Crippen molar-refractivity contribution < 1.29 is 10.0 Å². The third-order valence-corrected chi connectivity index (χ3v) is 3.98. The van der Waals surface area contributed by atoms with Gasteiger partial charge in [-0.05, 0) is 16.8 Å². The van der Waals surface area contributed by atoms with Gasteiger partial charge in [0.2, 0.25) is 0 Å². The van der Waals surface area contributed by atoms with Gasteiger partial charge in [-0.3, -0.25) is 10.1 Å². The number of nitrogens with zero attached hydrogens (tertiary/aromatic N) is 1. The lowest BCUT2D eigenvalue weighted by molar-refractivity contribution is -0.384. The standard InChI is InChI=1S/C12H11NO3S/c14-12-5-4-11(13(15)16)8-10(12)9-17-6-2-1-3-7-17/h1-8,14H,9H2. The molecule has 2 rings (SSSR count). The van der Waals surface area contributed by atoms with Crippen LogP contribution in [0.5, 0.6) is 5.75 Å². The molecule has 17 heavy (non-hydrogen) atoms. The number of hydrogen-bond donors (Lipinski definition) is 1. The SMILES string of the molecule is O=[N+]([O-])c1ccc(O)c(CS2=CC=CC=C2)c1. The molecule has 1 aromatic carbocycles. The average Bonchev–Trinajstić information content (AvgIpc) is 2.33. The molecular weight excluding hydrogens is 238 g/mol. The number of nitro benzene ring substituents is 1. The lowest BCUT2D eigenvalue weighted by Crippen LogP contribution is -1.91. The predicted octanol–water partition coefficient (Wildman–Crippen LogP) is 2.96. The van der Waals surface area contributed by atoms with Gasteiger partial charge in [-0.1, -0.05) is 18.2 Å². The first-order valence-corrected chi connectivity index (χ1v) is 6.52. The van der Waals surface area contributed by atoms with Crippen molar-refractivity contribution in [3.05, 3.63) is 57.5 Å². The van der Waals surface area contributed by atoms with Crippen molar-refractivity contribution in [1.29, 1.82) is 0 Å². The highest BCUT2D eigenvalue weighted by molar-refractivity contribution is 8.17. The monoisotopic (exact) mass is 249 g/mol. The lowest BCUT2D eigenvalue weighted by Gasteiger charge is -2.07. The fourth-order valence-electron chi connectivity index (χ4n) is 1.48. The van der Waals surface area contributed by atoms with E-state index in [1.807, 2.05) is 29.0 Å². The van der Waals surface area contributed by atoms with Gasteiger partial charge in [0.15, 0.2) is 0 Å². The summed E-state index contributed by atoms with van der Waals surface area (Å²) < 4.78 is 0. The van der Waals surface area contributed by atoms with Gasteiger partial charge in [-0.25, -0.2) is 0 Å². The molecule has 1 aliphatic rings. The molecule has 4 nitrogen and oxygen atoms in total. The number of nitro groups is 1. The largest absolute Gasteiger partial charge is 0.508 e. The molecule has 0 saturated heterocycles. The summed E-state index contributed by atoms with van der Waals surface area (Å²) in [6.45, 7) is 0. The van der Waals surface area contributed by atoms with Crippen LogP contribution in [0.2, 0.25) is 0 Å². The van der Waals surface area contributed by atoms with Crippen LogP contribution in [-0.2, 0) is 5.75 Å². The zero-order valence-electron chi connectivity index (χ0n) is 8.95. The Hall–Kier alpha value is -1.88. The van der Waals surface area contributed by atoms with Crippen LogP contribution in [0.1, 0.15) is 5.56 Å². The molecule has 1 aromatic rings. The Labute approximate surface area is 101 Å². The van der Waals surface area contributed by atoms with E-state index in [1.165, 1.54) is 18.2 Å². The van der Waals surface area contributed by atoms with Crippen molar-refractivity contribution in [3.8, 4) is 5.75 Å². The average molecular weight is 249 g/mol. The molecule has 0 fully saturated rings. The Morgan fingerprint density at radius 2 is 2.12 bits per heavy atom. The molecule has 88 valence electrons. The number of benzene rings is 1. The summed E-state index contributed by atoms with van der Waals surface area (Å²) >= 11 is 0. The normalized spacial score (nSPS) is 17.8. The van der Waals surface area contributed by atoms with E-state index in [0.29, 0.717) is 11.3 Å². The molecule has 1 heterocycles. The summed E-state index contributed by atoms with van der Waals surface area (Å²) in [5.41, 5.74) is 0.622. The summed E-state index contributed by atoms with van der Waals surface area (Å²) in [5.74, 6) is 0.702. The third kappa shape index (κ3) is 2.82. The second-order valence-electron chi connectivity index (χ2n) is 3.53. The fourth-order valence-corrected chi connectivity index (χ4v) is 2.94. The zero-order valence-corrected chi connectivity index (χ0v) is 9.76. The molecule has 5 heteroatoms. The molecule has 0 bridgehead atoms. The molecule has 1 N–H and O–H groups in total. The Morgan fingerprint density at radius 3 is 2.76 bits per heavy atom. The van der Waals surface area contributed by atoms with E-state index in [4.69, 9.17) is 0 Å². The highest BCUT2D eigenvalue weighted by Crippen LogP contribution is 2.30. The molecule has 1 aliphatic heterocycles. The summed E-state index contributed by atoms with van der Waals surface area (Å²) in [5, 5.41) is 24.4. The lowest BCUT2D eigenvalue weighted by atomic mass is 10.2. The van der Waals surface area contributed by atoms with Gasteiger partial charge in [0.25, 0.3) is 5.69 Å². The van der Waals surface area contributed by atoms with Crippen LogP contribution in [0.25, 0.3) is 0 Å². The van der Waals surface area contributed by atoms with Gasteiger partial charge in [0.1, 0.15) is 5.75 Å². The molecule has 1 atom stereocenters. The smallest absolute Gasteiger partial charge is 0.270 e. The zero-order chi connectivity index (χ0) is 12.3. The Morgan fingerprint density at radius 1 is 1.29 bits per heavy atom. The highest BCUT2D eigenvalue weighted by atomic mass is 32.2. The summed E-state index contributed by atoms with van der Waals surface area (Å²) in [6.07, 6.45) is 5.81. The molecule has 1 unspecified atom stereocenters. The topological polar surface area (TPSA) is 63.4 Å². The molecule has 0 aromatic heterocycles. The summed E-state index contributed by atoms with van der Waals surface area (Å²) in [7, 11) is -0.102. The maximum atomic E-state index is 10.6. The first-order valence-electron chi connectivity index (χ1n) is 5.00. The second-order valence-corrected chi connectivity index (χ2v) is 5.31. The fraction of sp³-hybridized carbons (Fsp3) is 0.0833. The van der Waals surface area contributed by atoms with Crippen LogP contribution < -0.4 is 0 Å². The number of aromatic hydroxyl groups is 1. The highest BCUT2D eigenvalue weighted by Gasteiger charge is 2.10. The van der Waals surface area contributed by atoms with Crippen LogP contribution in [0.4, 0.5) is 5.69 Å². The van der Waals surface area contributed by atoms with E-state index in [9.17, 15) is 15.2 Å². The van der Waals surface area contributed by atoms with Gasteiger partial charge in [0.05, 0.1) is 4.92 Å². The minimum Gasteiger partial charge on any atom is -0.508 e. The maximum absolute atomic E-state index is 10.6. The molecule has 0 aliphatic carbocycles. The van der Waals surface area contributed by atoms with Gasteiger partial charge >= 0.3 is 0 Å². The first-order chi connectivity index (χ1) is 8.16. The van der Waals surface area contributed by atoms with Crippen LogP contribution in [0, 0.1) is 10.1 Å². The van der Waals surface area contributed by atoms with E-state index < -0.39 is 4.92 Å². The van der Waals surface area contributed by atoms with Crippen LogP contribution in [0.15, 0.2) is 41.8 Å². The van der Waals surface area contributed by atoms with E-state index in [0.717, 1.165) is 0 Å². The van der Waals surface area contributed by atoms with Crippen molar-refractivity contribution in [2.24, 2.45) is 0 Å². The summed E-state index contributed by atoms with van der Waals surface area (Å²) in [4.78, 5) is 10.2. The van der Waals surface area contributed by atoms with E-state index >= 15 is 0 Å². The van der Waals surface area contributed by atoms with Gasteiger partial charge < -0.3 is 5.11 Å². The molecule has 0 amide bonds. The summed E-state index contributed by atoms with van der Waals surface area (Å²) in [6, 6.07) is 4.12. The van der Waals surface area contributed by atoms with Crippen molar-refractivity contribution in [3.63, 3.8) is 0 Å². The number of rotatable bonds is 3. The molecular formula is C12H11NO3S.